The maximum atomic E-state index is 13.1. The highest BCUT2D eigenvalue weighted by atomic mass is 19.1. The summed E-state index contributed by atoms with van der Waals surface area (Å²) in [6.45, 7) is 1.94. The van der Waals surface area contributed by atoms with Crippen molar-refractivity contribution in [3.05, 3.63) is 29.1 Å². The molecule has 11 heavy (non-hydrogen) atoms. The van der Waals surface area contributed by atoms with Crippen molar-refractivity contribution in [3.63, 3.8) is 0 Å². The van der Waals surface area contributed by atoms with Crippen LogP contribution < -0.4 is 0 Å². The lowest BCUT2D eigenvalue weighted by Crippen LogP contribution is -1.96. The summed E-state index contributed by atoms with van der Waals surface area (Å²) in [6, 6.07) is 1.97. The van der Waals surface area contributed by atoms with Gasteiger partial charge < -0.3 is 4.98 Å². The van der Waals surface area contributed by atoms with Crippen LogP contribution in [0, 0.1) is 6.92 Å². The lowest BCUT2D eigenvalue weighted by atomic mass is 10.0. The molecule has 1 aromatic heterocycles. The largest absolute Gasteiger partial charge is 0.360 e. The van der Waals surface area contributed by atoms with Crippen molar-refractivity contribution in [2.45, 2.75) is 19.5 Å². The van der Waals surface area contributed by atoms with Crippen molar-refractivity contribution < 1.29 is 4.39 Å². The second-order valence-corrected chi connectivity index (χ2v) is 2.93. The second kappa shape index (κ2) is 2.22. The number of alkyl halides is 1. The number of hydrogen-bond acceptors (Lipinski definition) is 0. The fourth-order valence-electron chi connectivity index (χ4n) is 1.46. The molecule has 0 bridgehead atoms. The predicted molar refractivity (Wildman–Crippen MR) is 43.0 cm³/mol. The molecule has 0 saturated carbocycles. The second-order valence-electron chi connectivity index (χ2n) is 2.93. The van der Waals surface area contributed by atoms with Crippen LogP contribution in [0.15, 0.2) is 12.1 Å². The van der Waals surface area contributed by atoms with E-state index in [4.69, 9.17) is 0 Å². The van der Waals surface area contributed by atoms with E-state index in [2.05, 4.69) is 4.98 Å². The number of hydrogen-bond donors (Lipinski definition) is 1. The molecule has 1 unspecified atom stereocenters. The molecule has 1 aromatic rings. The fourth-order valence-corrected chi connectivity index (χ4v) is 1.46. The minimum atomic E-state index is -0.830. The van der Waals surface area contributed by atoms with E-state index < -0.39 is 6.17 Å². The molecule has 1 N–H and O–H groups in total. The molecule has 2 rings (SSSR count). The monoisotopic (exact) mass is 151 g/mol. The standard InChI is InChI=1S/C9H10FN/c1-6-5-7-3-2-4-8(10)9(7)11-6/h2-3,5,8,11H,4H2,1H3. The Morgan fingerprint density at radius 3 is 3.18 bits per heavy atom. The molecule has 0 amide bonds. The van der Waals surface area contributed by atoms with Gasteiger partial charge in [0.25, 0.3) is 0 Å². The molecular formula is C9H10FN. The molecule has 0 aromatic carbocycles. The molecular weight excluding hydrogens is 141 g/mol. The summed E-state index contributed by atoms with van der Waals surface area (Å²) in [4.78, 5) is 3.02. The van der Waals surface area contributed by atoms with Gasteiger partial charge in [-0.05, 0) is 18.6 Å². The summed E-state index contributed by atoms with van der Waals surface area (Å²) >= 11 is 0. The van der Waals surface area contributed by atoms with Crippen molar-refractivity contribution in [3.8, 4) is 0 Å². The first-order chi connectivity index (χ1) is 5.27. The van der Waals surface area contributed by atoms with Crippen LogP contribution in [-0.4, -0.2) is 4.98 Å². The molecule has 0 spiro atoms. The van der Waals surface area contributed by atoms with E-state index in [1.807, 2.05) is 25.1 Å². The highest BCUT2D eigenvalue weighted by molar-refractivity contribution is 5.56. The van der Waals surface area contributed by atoms with Crippen LogP contribution in [0.25, 0.3) is 6.08 Å². The van der Waals surface area contributed by atoms with Gasteiger partial charge in [0.15, 0.2) is 0 Å². The molecule has 2 heteroatoms. The van der Waals surface area contributed by atoms with Gasteiger partial charge in [-0.25, -0.2) is 4.39 Å². The molecule has 1 atom stereocenters. The van der Waals surface area contributed by atoms with E-state index in [-0.39, 0.29) is 0 Å². The first-order valence-corrected chi connectivity index (χ1v) is 3.77. The van der Waals surface area contributed by atoms with Crippen LogP contribution in [0.1, 0.15) is 29.5 Å². The van der Waals surface area contributed by atoms with E-state index in [1.165, 1.54) is 0 Å². The SMILES string of the molecule is Cc1cc2c([nH]1)C(F)CC=C2. The summed E-state index contributed by atoms with van der Waals surface area (Å²) in [5.41, 5.74) is 2.77. The minimum Gasteiger partial charge on any atom is -0.360 e. The third-order valence-corrected chi connectivity index (χ3v) is 1.97. The van der Waals surface area contributed by atoms with Crippen LogP contribution >= 0.6 is 0 Å². The molecule has 0 fully saturated rings. The van der Waals surface area contributed by atoms with Gasteiger partial charge in [-0.3, -0.25) is 0 Å². The van der Waals surface area contributed by atoms with Gasteiger partial charge in [-0.1, -0.05) is 12.2 Å². The topological polar surface area (TPSA) is 15.8 Å². The summed E-state index contributed by atoms with van der Waals surface area (Å²) in [7, 11) is 0. The Kier molecular flexibility index (Phi) is 1.34. The third kappa shape index (κ3) is 0.985. The van der Waals surface area contributed by atoms with Crippen LogP contribution in [0.2, 0.25) is 0 Å². The first-order valence-electron chi connectivity index (χ1n) is 3.77. The van der Waals surface area contributed by atoms with Crippen molar-refractivity contribution in [2.75, 3.05) is 0 Å². The Morgan fingerprint density at radius 2 is 2.45 bits per heavy atom. The number of H-pyrrole nitrogens is 1. The van der Waals surface area contributed by atoms with Crippen molar-refractivity contribution in [2.24, 2.45) is 0 Å². The molecule has 0 radical (unpaired) electrons. The summed E-state index contributed by atoms with van der Waals surface area (Å²) < 4.78 is 13.1. The van der Waals surface area contributed by atoms with Crippen LogP contribution in [0.4, 0.5) is 4.39 Å². The quantitative estimate of drug-likeness (QED) is 0.586. The Labute approximate surface area is 64.9 Å². The summed E-state index contributed by atoms with van der Waals surface area (Å²) in [5.74, 6) is 0. The van der Waals surface area contributed by atoms with Gasteiger partial charge in [0.2, 0.25) is 0 Å². The average Bonchev–Trinajstić information content (AvgIpc) is 2.31. The number of rotatable bonds is 0. The first kappa shape index (κ1) is 6.65. The number of aromatic amines is 1. The van der Waals surface area contributed by atoms with Crippen LogP contribution in [0.3, 0.4) is 0 Å². The smallest absolute Gasteiger partial charge is 0.144 e. The molecule has 1 heterocycles. The number of nitrogens with one attached hydrogen (secondary N) is 1. The number of fused-ring (bicyclic) bond motifs is 1. The summed E-state index contributed by atoms with van der Waals surface area (Å²) in [5, 5.41) is 0. The fraction of sp³-hybridized carbons (Fsp3) is 0.333. The van der Waals surface area contributed by atoms with Gasteiger partial charge in [-0.15, -0.1) is 0 Å². The molecule has 0 aliphatic heterocycles. The predicted octanol–water partition coefficient (Wildman–Crippen LogP) is 2.75. The maximum absolute atomic E-state index is 13.1. The normalized spacial score (nSPS) is 21.8. The zero-order chi connectivity index (χ0) is 7.84. The van der Waals surface area contributed by atoms with Crippen molar-refractivity contribution in [1.29, 1.82) is 0 Å². The lowest BCUT2D eigenvalue weighted by Gasteiger charge is -2.09. The number of halogens is 1. The molecule has 1 aliphatic rings. The van der Waals surface area contributed by atoms with Gasteiger partial charge in [-0.2, -0.15) is 0 Å². The van der Waals surface area contributed by atoms with E-state index >= 15 is 0 Å². The van der Waals surface area contributed by atoms with E-state index in [9.17, 15) is 4.39 Å². The third-order valence-electron chi connectivity index (χ3n) is 1.97. The highest BCUT2D eigenvalue weighted by Gasteiger charge is 2.17. The zero-order valence-corrected chi connectivity index (χ0v) is 6.39. The maximum Gasteiger partial charge on any atom is 0.144 e. The number of aryl methyl sites for hydroxylation is 1. The van der Waals surface area contributed by atoms with Gasteiger partial charge in [0.1, 0.15) is 6.17 Å². The average molecular weight is 151 g/mol. The van der Waals surface area contributed by atoms with Crippen molar-refractivity contribution in [1.82, 2.24) is 4.98 Å². The lowest BCUT2D eigenvalue weighted by molar-refractivity contribution is 0.338. The van der Waals surface area contributed by atoms with Gasteiger partial charge >= 0.3 is 0 Å². The number of allylic oxidation sites excluding steroid dienone is 1. The minimum absolute atomic E-state index is 0.507. The Balaban J connectivity index is 2.53. The Morgan fingerprint density at radius 1 is 1.64 bits per heavy atom. The van der Waals surface area contributed by atoms with Crippen LogP contribution in [0.5, 0.6) is 0 Å². The van der Waals surface area contributed by atoms with Crippen molar-refractivity contribution >= 4 is 6.08 Å². The molecule has 1 aliphatic carbocycles. The Hall–Kier alpha value is -1.05. The molecule has 1 nitrogen and oxygen atoms in total. The molecule has 58 valence electrons. The van der Waals surface area contributed by atoms with Gasteiger partial charge in [0, 0.05) is 12.1 Å². The van der Waals surface area contributed by atoms with E-state index in [0.717, 1.165) is 17.0 Å². The van der Waals surface area contributed by atoms with Crippen LogP contribution in [-0.2, 0) is 0 Å². The zero-order valence-electron chi connectivity index (χ0n) is 6.39. The molecule has 0 saturated heterocycles. The number of aromatic nitrogens is 1. The Bertz CT molecular complexity index is 299. The summed E-state index contributed by atoms with van der Waals surface area (Å²) in [6.07, 6.45) is 3.52. The highest BCUT2D eigenvalue weighted by Crippen LogP contribution is 2.30. The van der Waals surface area contributed by atoms with Gasteiger partial charge in [0.05, 0.1) is 5.69 Å². The van der Waals surface area contributed by atoms with E-state index in [0.29, 0.717) is 6.42 Å². The van der Waals surface area contributed by atoms with E-state index in [1.54, 1.807) is 0 Å².